The van der Waals surface area contributed by atoms with Crippen molar-refractivity contribution in [2.24, 2.45) is 0 Å². The topological polar surface area (TPSA) is 54.0 Å². The zero-order valence-electron chi connectivity index (χ0n) is 14.7. The SMILES string of the molecule is COc1ccc2nc(SCc3nccc(N4CCCCC4)c3Cl)[nH]c2c1. The first-order valence-electron chi connectivity index (χ1n) is 8.79. The molecule has 1 N–H and O–H groups in total. The van der Waals surface area contributed by atoms with Gasteiger partial charge < -0.3 is 14.6 Å². The van der Waals surface area contributed by atoms with Crippen LogP contribution in [-0.4, -0.2) is 35.2 Å². The number of benzene rings is 1. The van der Waals surface area contributed by atoms with E-state index in [-0.39, 0.29) is 0 Å². The first kappa shape index (κ1) is 17.5. The van der Waals surface area contributed by atoms with E-state index in [0.29, 0.717) is 5.75 Å². The Balaban J connectivity index is 1.50. The largest absolute Gasteiger partial charge is 0.497 e. The second-order valence-corrected chi connectivity index (χ2v) is 7.69. The van der Waals surface area contributed by atoms with Gasteiger partial charge in [0.25, 0.3) is 0 Å². The molecule has 136 valence electrons. The quantitative estimate of drug-likeness (QED) is 0.630. The van der Waals surface area contributed by atoms with E-state index in [2.05, 4.69) is 19.9 Å². The number of thioether (sulfide) groups is 1. The Labute approximate surface area is 162 Å². The highest BCUT2D eigenvalue weighted by molar-refractivity contribution is 7.98. The number of hydrogen-bond donors (Lipinski definition) is 1. The molecule has 26 heavy (non-hydrogen) atoms. The Morgan fingerprint density at radius 1 is 1.23 bits per heavy atom. The lowest BCUT2D eigenvalue weighted by atomic mass is 10.1. The van der Waals surface area contributed by atoms with Crippen molar-refractivity contribution >= 4 is 40.1 Å². The zero-order valence-corrected chi connectivity index (χ0v) is 16.2. The van der Waals surface area contributed by atoms with Crippen LogP contribution in [0.25, 0.3) is 11.0 Å². The number of halogens is 1. The summed E-state index contributed by atoms with van der Waals surface area (Å²) in [6, 6.07) is 7.85. The van der Waals surface area contributed by atoms with E-state index in [4.69, 9.17) is 16.3 Å². The first-order valence-corrected chi connectivity index (χ1v) is 10.2. The Kier molecular flexibility index (Phi) is 5.22. The maximum absolute atomic E-state index is 6.66. The van der Waals surface area contributed by atoms with Gasteiger partial charge in [-0.25, -0.2) is 4.98 Å². The molecule has 1 aromatic carbocycles. The number of pyridine rings is 1. The summed E-state index contributed by atoms with van der Waals surface area (Å²) in [4.78, 5) is 14.8. The lowest BCUT2D eigenvalue weighted by molar-refractivity contribution is 0.415. The number of piperidine rings is 1. The van der Waals surface area contributed by atoms with Gasteiger partial charge in [0.2, 0.25) is 0 Å². The van der Waals surface area contributed by atoms with Crippen molar-refractivity contribution in [3.63, 3.8) is 0 Å². The molecule has 0 aliphatic carbocycles. The number of nitrogens with zero attached hydrogens (tertiary/aromatic N) is 3. The third kappa shape index (κ3) is 3.62. The highest BCUT2D eigenvalue weighted by Crippen LogP contribution is 2.33. The predicted molar refractivity (Wildman–Crippen MR) is 108 cm³/mol. The number of H-pyrrole nitrogens is 1. The van der Waals surface area contributed by atoms with Crippen LogP contribution in [0, 0.1) is 0 Å². The molecule has 3 heterocycles. The van der Waals surface area contributed by atoms with Crippen molar-refractivity contribution in [1.82, 2.24) is 15.0 Å². The van der Waals surface area contributed by atoms with Crippen molar-refractivity contribution < 1.29 is 4.74 Å². The number of methoxy groups -OCH3 is 1. The number of hydrogen-bond acceptors (Lipinski definition) is 5. The minimum Gasteiger partial charge on any atom is -0.497 e. The molecule has 1 aliphatic rings. The summed E-state index contributed by atoms with van der Waals surface area (Å²) < 4.78 is 5.26. The van der Waals surface area contributed by atoms with Gasteiger partial charge in [0.1, 0.15) is 5.75 Å². The summed E-state index contributed by atoms with van der Waals surface area (Å²) in [7, 11) is 1.66. The predicted octanol–water partition coefficient (Wildman–Crippen LogP) is 4.90. The summed E-state index contributed by atoms with van der Waals surface area (Å²) >= 11 is 8.27. The molecule has 7 heteroatoms. The maximum Gasteiger partial charge on any atom is 0.166 e. The monoisotopic (exact) mass is 388 g/mol. The standard InChI is InChI=1S/C19H21ClN4OS/c1-25-13-5-6-14-15(11-13)23-19(22-14)26-12-16-18(20)17(7-8-21-16)24-9-3-2-4-10-24/h5-8,11H,2-4,9-10,12H2,1H3,(H,22,23). The summed E-state index contributed by atoms with van der Waals surface area (Å²) in [5.41, 5.74) is 3.89. The minimum atomic E-state index is 0.678. The Bertz CT molecular complexity index is 908. The average molecular weight is 389 g/mol. The van der Waals surface area contributed by atoms with E-state index in [0.717, 1.165) is 51.4 Å². The molecule has 1 fully saturated rings. The molecule has 1 aliphatic heterocycles. The van der Waals surface area contributed by atoms with Crippen LogP contribution < -0.4 is 9.64 Å². The highest BCUT2D eigenvalue weighted by Gasteiger charge is 2.17. The number of ether oxygens (including phenoxy) is 1. The summed E-state index contributed by atoms with van der Waals surface area (Å²) in [5, 5.41) is 1.62. The molecule has 0 atom stereocenters. The number of anilines is 1. The second kappa shape index (κ2) is 7.76. The zero-order chi connectivity index (χ0) is 17.9. The highest BCUT2D eigenvalue weighted by atomic mass is 35.5. The van der Waals surface area contributed by atoms with Gasteiger partial charge in [-0.1, -0.05) is 23.4 Å². The Morgan fingerprint density at radius 3 is 2.88 bits per heavy atom. The lowest BCUT2D eigenvalue weighted by Gasteiger charge is -2.29. The molecule has 0 radical (unpaired) electrons. The summed E-state index contributed by atoms with van der Waals surface area (Å²) in [5.74, 6) is 1.49. The number of fused-ring (bicyclic) bond motifs is 1. The van der Waals surface area contributed by atoms with Crippen LogP contribution in [0.1, 0.15) is 25.0 Å². The van der Waals surface area contributed by atoms with Gasteiger partial charge in [0.05, 0.1) is 34.5 Å². The molecule has 0 unspecified atom stereocenters. The lowest BCUT2D eigenvalue weighted by Crippen LogP contribution is -2.29. The van der Waals surface area contributed by atoms with Crippen LogP contribution in [0.3, 0.4) is 0 Å². The molecular weight excluding hydrogens is 368 g/mol. The van der Waals surface area contributed by atoms with Crippen LogP contribution >= 0.6 is 23.4 Å². The molecule has 4 rings (SSSR count). The van der Waals surface area contributed by atoms with Gasteiger partial charge in [-0.2, -0.15) is 0 Å². The molecule has 0 amide bonds. The minimum absolute atomic E-state index is 0.678. The van der Waals surface area contributed by atoms with Crippen molar-refractivity contribution in [2.75, 3.05) is 25.1 Å². The van der Waals surface area contributed by atoms with Crippen LogP contribution in [0.4, 0.5) is 5.69 Å². The number of rotatable bonds is 5. The molecular formula is C19H21ClN4OS. The second-order valence-electron chi connectivity index (χ2n) is 6.35. The fourth-order valence-corrected chi connectivity index (χ4v) is 4.47. The maximum atomic E-state index is 6.66. The van der Waals surface area contributed by atoms with E-state index >= 15 is 0 Å². The van der Waals surface area contributed by atoms with E-state index in [1.807, 2.05) is 30.5 Å². The third-order valence-corrected chi connectivity index (χ3v) is 5.95. The van der Waals surface area contributed by atoms with Gasteiger partial charge >= 0.3 is 0 Å². The smallest absolute Gasteiger partial charge is 0.166 e. The van der Waals surface area contributed by atoms with Gasteiger partial charge in [-0.3, -0.25) is 4.98 Å². The molecule has 2 aromatic heterocycles. The molecule has 1 saturated heterocycles. The van der Waals surface area contributed by atoms with E-state index < -0.39 is 0 Å². The molecule has 0 bridgehead atoms. The van der Waals surface area contributed by atoms with Gasteiger partial charge in [0, 0.05) is 31.1 Å². The number of aromatic amines is 1. The summed E-state index contributed by atoms with van der Waals surface area (Å²) in [6.07, 6.45) is 5.62. The van der Waals surface area contributed by atoms with Crippen molar-refractivity contribution in [3.05, 3.63) is 41.2 Å². The normalized spacial score (nSPS) is 14.8. The Hall–Kier alpha value is -1.92. The molecule has 3 aromatic rings. The molecule has 5 nitrogen and oxygen atoms in total. The van der Waals surface area contributed by atoms with Crippen LogP contribution in [0.5, 0.6) is 5.75 Å². The molecule has 0 spiro atoms. The molecule has 0 saturated carbocycles. The fourth-order valence-electron chi connectivity index (χ4n) is 3.25. The van der Waals surface area contributed by atoms with Gasteiger partial charge in [0.15, 0.2) is 5.16 Å². The van der Waals surface area contributed by atoms with Crippen LogP contribution in [0.2, 0.25) is 5.02 Å². The van der Waals surface area contributed by atoms with E-state index in [9.17, 15) is 0 Å². The van der Waals surface area contributed by atoms with Crippen molar-refractivity contribution in [2.45, 2.75) is 30.2 Å². The third-order valence-electron chi connectivity index (χ3n) is 4.65. The van der Waals surface area contributed by atoms with Gasteiger partial charge in [-0.05, 0) is 37.5 Å². The Morgan fingerprint density at radius 2 is 2.08 bits per heavy atom. The first-order chi connectivity index (χ1) is 12.7. The fraction of sp³-hybridized carbons (Fsp3) is 0.368. The number of nitrogens with one attached hydrogen (secondary N) is 1. The summed E-state index contributed by atoms with van der Waals surface area (Å²) in [6.45, 7) is 2.14. The van der Waals surface area contributed by atoms with Crippen LogP contribution in [0.15, 0.2) is 35.6 Å². The number of aromatic nitrogens is 3. The van der Waals surface area contributed by atoms with Crippen molar-refractivity contribution in [1.29, 1.82) is 0 Å². The van der Waals surface area contributed by atoms with E-state index in [1.54, 1.807) is 18.9 Å². The van der Waals surface area contributed by atoms with Crippen molar-refractivity contribution in [3.8, 4) is 5.75 Å². The van der Waals surface area contributed by atoms with E-state index in [1.165, 1.54) is 19.3 Å². The average Bonchev–Trinajstić information content (AvgIpc) is 3.10. The van der Waals surface area contributed by atoms with Crippen LogP contribution in [-0.2, 0) is 5.75 Å². The van der Waals surface area contributed by atoms with Gasteiger partial charge in [-0.15, -0.1) is 0 Å². The number of imidazole rings is 1.